The van der Waals surface area contributed by atoms with E-state index in [2.05, 4.69) is 41.1 Å². The summed E-state index contributed by atoms with van der Waals surface area (Å²) in [5.41, 5.74) is 0.723. The van der Waals surface area contributed by atoms with Crippen LogP contribution in [0.5, 0.6) is 0 Å². The number of carbonyl (C=O) groups is 1. The zero-order valence-corrected chi connectivity index (χ0v) is 12.0. The van der Waals surface area contributed by atoms with Crippen LogP contribution in [-0.2, 0) is 0 Å². The maximum atomic E-state index is 11.6. The van der Waals surface area contributed by atoms with E-state index in [0.717, 1.165) is 14.5 Å². The van der Waals surface area contributed by atoms with Gasteiger partial charge in [-0.15, -0.1) is 0 Å². The molecule has 0 N–H and O–H groups in total. The average Bonchev–Trinajstić information content (AvgIpc) is 2.04. The molecule has 0 atom stereocenters. The molecule has 0 saturated carbocycles. The van der Waals surface area contributed by atoms with Crippen LogP contribution in [0.15, 0.2) is 27.1 Å². The Labute approximate surface area is 115 Å². The van der Waals surface area contributed by atoms with Gasteiger partial charge in [0.15, 0.2) is 5.78 Å². The fourth-order valence-electron chi connectivity index (χ4n) is 1.00. The van der Waals surface area contributed by atoms with E-state index in [9.17, 15) is 4.79 Å². The zero-order valence-electron chi connectivity index (χ0n) is 7.81. The van der Waals surface area contributed by atoms with Crippen molar-refractivity contribution < 1.29 is 23.7 Å². The van der Waals surface area contributed by atoms with Crippen molar-refractivity contribution in [1.29, 1.82) is 0 Å². The van der Waals surface area contributed by atoms with Crippen LogP contribution in [0.4, 0.5) is 0 Å². The number of rotatable bonds is 3. The molecule has 0 bridgehead atoms. The van der Waals surface area contributed by atoms with Crippen LogP contribution in [0.1, 0.15) is 16.8 Å². The van der Waals surface area contributed by atoms with Crippen LogP contribution in [-0.4, -0.2) is 11.9 Å². The van der Waals surface area contributed by atoms with Crippen molar-refractivity contribution in [1.82, 2.24) is 0 Å². The van der Waals surface area contributed by atoms with E-state index in [0.29, 0.717) is 12.6 Å². The third-order valence-corrected chi connectivity index (χ3v) is 3.17. The smallest absolute Gasteiger partial charge is 0.558 e. The van der Waals surface area contributed by atoms with Gasteiger partial charge in [0.05, 0.1) is 0 Å². The quantitative estimate of drug-likeness (QED) is 0.458. The van der Waals surface area contributed by atoms with E-state index in [1.54, 1.807) is 0 Å². The summed E-state index contributed by atoms with van der Waals surface area (Å²) in [7, 11) is 3.29. The van der Waals surface area contributed by atoms with Gasteiger partial charge in [-0.25, -0.2) is 0 Å². The molecular weight excluding hydrogens is 322 g/mol. The summed E-state index contributed by atoms with van der Waals surface area (Å²) >= 11 is 6.70. The summed E-state index contributed by atoms with van der Waals surface area (Å²) in [5, 5.41) is 0. The molecular formula is C9H8Br2LiOP. The van der Waals surface area contributed by atoms with Gasteiger partial charge >= 0.3 is 18.9 Å². The van der Waals surface area contributed by atoms with Crippen molar-refractivity contribution in [3.63, 3.8) is 0 Å². The van der Waals surface area contributed by atoms with Gasteiger partial charge in [-0.2, -0.15) is 6.16 Å². The van der Waals surface area contributed by atoms with Crippen molar-refractivity contribution in [2.75, 3.05) is 6.16 Å². The summed E-state index contributed by atoms with van der Waals surface area (Å²) in [6.07, 6.45) is 1.20. The fraction of sp³-hybridized carbons (Fsp3) is 0.222. The maximum absolute atomic E-state index is 11.6. The number of hydrogen-bond acceptors (Lipinski definition) is 1. The predicted octanol–water partition coefficient (Wildman–Crippen LogP) is 0.931. The molecule has 5 heteroatoms. The normalized spacial score (nSPS) is 9.36. The van der Waals surface area contributed by atoms with Gasteiger partial charge < -0.3 is 9.24 Å². The first kappa shape index (κ1) is 14.9. The number of halogens is 2. The van der Waals surface area contributed by atoms with Crippen molar-refractivity contribution >= 4 is 46.9 Å². The second-order valence-corrected chi connectivity index (χ2v) is 4.73. The minimum atomic E-state index is 0. The molecule has 1 rings (SSSR count). The summed E-state index contributed by atoms with van der Waals surface area (Å²) in [5.74, 6) is 0.134. The molecule has 0 aromatic heterocycles. The third-order valence-electron chi connectivity index (χ3n) is 1.59. The van der Waals surface area contributed by atoms with Gasteiger partial charge in [-0.3, -0.25) is 4.79 Å². The standard InChI is InChI=1S/C9H8Br2OP.Li/c10-6-2-1-3-7(11)9(6)8(12)4-5-13;/h1-3,13H,4-5H2;/q-1;+1. The minimum absolute atomic E-state index is 0. The molecule has 0 saturated heterocycles. The van der Waals surface area contributed by atoms with Gasteiger partial charge in [0.2, 0.25) is 0 Å². The predicted molar refractivity (Wildman–Crippen MR) is 64.0 cm³/mol. The monoisotopic (exact) mass is 328 g/mol. The minimum Gasteiger partial charge on any atom is -0.558 e. The molecule has 70 valence electrons. The van der Waals surface area contributed by atoms with Crippen LogP contribution in [0.25, 0.3) is 0 Å². The van der Waals surface area contributed by atoms with Gasteiger partial charge in [0.25, 0.3) is 0 Å². The van der Waals surface area contributed by atoms with Crippen LogP contribution in [0, 0.1) is 0 Å². The molecule has 14 heavy (non-hydrogen) atoms. The summed E-state index contributed by atoms with van der Waals surface area (Å²) < 4.78 is 1.68. The molecule has 0 spiro atoms. The van der Waals surface area contributed by atoms with Crippen molar-refractivity contribution in [2.45, 2.75) is 6.42 Å². The molecule has 0 unspecified atom stereocenters. The topological polar surface area (TPSA) is 17.1 Å². The number of Topliss-reactive ketones (excluding diaryl/α,β-unsaturated/α-hetero) is 1. The van der Waals surface area contributed by atoms with Crippen LogP contribution in [0.2, 0.25) is 0 Å². The molecule has 0 aliphatic rings. The third kappa shape index (κ3) is 3.80. The number of ketones is 1. The Morgan fingerprint density at radius 3 is 2.21 bits per heavy atom. The van der Waals surface area contributed by atoms with Crippen LogP contribution < -0.4 is 18.9 Å². The van der Waals surface area contributed by atoms with Gasteiger partial charge in [0, 0.05) is 14.5 Å². The van der Waals surface area contributed by atoms with Crippen LogP contribution >= 0.6 is 41.1 Å². The Bertz CT molecular complexity index is 310. The molecule has 1 nitrogen and oxygen atoms in total. The summed E-state index contributed by atoms with van der Waals surface area (Å²) in [6.45, 7) is 0. The Hall–Kier alpha value is 0.877. The Morgan fingerprint density at radius 1 is 1.29 bits per heavy atom. The number of carbonyl (C=O) groups excluding carboxylic acids is 1. The SMILES string of the molecule is O=C(CC[PH-])c1c(Br)cccc1Br.[Li+]. The first-order valence-corrected chi connectivity index (χ1v) is 6.08. The van der Waals surface area contributed by atoms with Crippen molar-refractivity contribution in [3.8, 4) is 0 Å². The molecule has 0 radical (unpaired) electrons. The zero-order chi connectivity index (χ0) is 9.84. The molecule has 1 aromatic carbocycles. The molecule has 0 aliphatic heterocycles. The van der Waals surface area contributed by atoms with Crippen molar-refractivity contribution in [2.24, 2.45) is 0 Å². The van der Waals surface area contributed by atoms with E-state index < -0.39 is 0 Å². The van der Waals surface area contributed by atoms with Gasteiger partial charge in [-0.1, -0.05) is 37.9 Å². The van der Waals surface area contributed by atoms with Crippen LogP contribution in [0.3, 0.4) is 0 Å². The summed E-state index contributed by atoms with van der Waals surface area (Å²) in [6, 6.07) is 5.62. The van der Waals surface area contributed by atoms with E-state index in [1.807, 2.05) is 18.2 Å². The van der Waals surface area contributed by atoms with Gasteiger partial charge in [0.1, 0.15) is 0 Å². The van der Waals surface area contributed by atoms with Crippen molar-refractivity contribution in [3.05, 3.63) is 32.7 Å². The second kappa shape index (κ2) is 7.20. The Morgan fingerprint density at radius 2 is 1.79 bits per heavy atom. The average molecular weight is 330 g/mol. The molecule has 0 heterocycles. The van der Waals surface area contributed by atoms with E-state index in [1.165, 1.54) is 0 Å². The fourth-order valence-corrected chi connectivity index (χ4v) is 2.67. The second-order valence-electron chi connectivity index (χ2n) is 2.52. The molecule has 1 aromatic rings. The number of benzene rings is 1. The molecule has 0 amide bonds. The first-order valence-electron chi connectivity index (χ1n) is 3.78. The summed E-state index contributed by atoms with van der Waals surface area (Å²) in [4.78, 5) is 11.6. The Balaban J connectivity index is 0.00000169. The molecule has 0 aliphatic carbocycles. The Kier molecular flexibility index (Phi) is 7.65. The van der Waals surface area contributed by atoms with E-state index in [-0.39, 0.29) is 24.6 Å². The molecule has 0 fully saturated rings. The van der Waals surface area contributed by atoms with Gasteiger partial charge in [-0.05, 0) is 18.6 Å². The number of hydrogen-bond donors (Lipinski definition) is 0. The first-order chi connectivity index (χ1) is 6.16. The van der Waals surface area contributed by atoms with E-state index >= 15 is 0 Å². The van der Waals surface area contributed by atoms with E-state index in [4.69, 9.17) is 0 Å². The largest absolute Gasteiger partial charge is 1.00 e. The maximum Gasteiger partial charge on any atom is 1.00 e.